The summed E-state index contributed by atoms with van der Waals surface area (Å²) in [6, 6.07) is 0. The van der Waals surface area contributed by atoms with Crippen molar-refractivity contribution in [2.75, 3.05) is 13.1 Å². The molecule has 0 spiro atoms. The van der Waals surface area contributed by atoms with Gasteiger partial charge in [0.15, 0.2) is 0 Å². The van der Waals surface area contributed by atoms with E-state index in [4.69, 9.17) is 4.84 Å². The molecule has 0 aliphatic heterocycles. The van der Waals surface area contributed by atoms with Gasteiger partial charge in [0.2, 0.25) is 5.91 Å². The Kier molecular flexibility index (Phi) is 5.72. The third kappa shape index (κ3) is 9.48. The molecular weight excluding hydrogens is 180 g/mol. The van der Waals surface area contributed by atoms with Gasteiger partial charge in [-0.15, -0.1) is 0 Å². The second-order valence-electron chi connectivity index (χ2n) is 4.73. The fraction of sp³-hybridized carbons (Fsp3) is 0.900. The number of hydrogen-bond acceptors (Lipinski definition) is 3. The molecule has 2 N–H and O–H groups in total. The van der Waals surface area contributed by atoms with Crippen molar-refractivity contribution in [2.45, 2.75) is 40.2 Å². The summed E-state index contributed by atoms with van der Waals surface area (Å²) in [5.74, 6) is 0.436. The van der Waals surface area contributed by atoms with Crippen LogP contribution in [0, 0.1) is 5.92 Å². The van der Waals surface area contributed by atoms with Crippen LogP contribution in [0.5, 0.6) is 0 Å². The average Bonchev–Trinajstić information content (AvgIpc) is 1.98. The highest BCUT2D eigenvalue weighted by Crippen LogP contribution is 2.02. The van der Waals surface area contributed by atoms with Crippen molar-refractivity contribution in [2.24, 2.45) is 5.92 Å². The van der Waals surface area contributed by atoms with Crippen molar-refractivity contribution >= 4 is 5.91 Å². The first kappa shape index (κ1) is 13.4. The second kappa shape index (κ2) is 5.98. The van der Waals surface area contributed by atoms with Crippen LogP contribution in [0.4, 0.5) is 0 Å². The molecule has 0 fully saturated rings. The first-order valence-electron chi connectivity index (χ1n) is 4.99. The van der Waals surface area contributed by atoms with Crippen LogP contribution in [0.2, 0.25) is 0 Å². The van der Waals surface area contributed by atoms with Crippen molar-refractivity contribution in [3.63, 3.8) is 0 Å². The number of carbonyl (C=O) groups excluding carboxylic acids is 1. The lowest BCUT2D eigenvalue weighted by Gasteiger charge is -2.19. The second-order valence-corrected chi connectivity index (χ2v) is 4.73. The van der Waals surface area contributed by atoms with Gasteiger partial charge in [0.05, 0.1) is 12.1 Å². The number of carbonyl (C=O) groups is 1. The number of hydrogen-bond donors (Lipinski definition) is 2. The minimum Gasteiger partial charge on any atom is -0.355 e. The molecule has 0 aromatic rings. The molecule has 0 radical (unpaired) electrons. The molecule has 0 saturated heterocycles. The van der Waals surface area contributed by atoms with Crippen molar-refractivity contribution < 1.29 is 9.63 Å². The van der Waals surface area contributed by atoms with E-state index in [0.717, 1.165) is 0 Å². The maximum absolute atomic E-state index is 11.2. The Morgan fingerprint density at radius 3 is 2.36 bits per heavy atom. The number of hydroxylamine groups is 1. The molecule has 1 amide bonds. The molecule has 0 aromatic carbocycles. The predicted molar refractivity (Wildman–Crippen MR) is 56.7 cm³/mol. The molecule has 0 rings (SSSR count). The maximum Gasteiger partial charge on any atom is 0.236 e. The summed E-state index contributed by atoms with van der Waals surface area (Å²) in [6.45, 7) is 10.8. The van der Waals surface area contributed by atoms with E-state index in [1.165, 1.54) is 0 Å². The zero-order valence-electron chi connectivity index (χ0n) is 9.81. The fourth-order valence-electron chi connectivity index (χ4n) is 0.699. The van der Waals surface area contributed by atoms with Gasteiger partial charge in [-0.05, 0) is 26.7 Å². The minimum atomic E-state index is -0.266. The highest BCUT2D eigenvalue weighted by atomic mass is 16.7. The lowest BCUT2D eigenvalue weighted by atomic mass is 10.2. The fourth-order valence-corrected chi connectivity index (χ4v) is 0.699. The van der Waals surface area contributed by atoms with Crippen molar-refractivity contribution in [1.29, 1.82) is 0 Å². The Morgan fingerprint density at radius 1 is 1.36 bits per heavy atom. The van der Waals surface area contributed by atoms with Crippen molar-refractivity contribution in [3.05, 3.63) is 0 Å². The average molecular weight is 202 g/mol. The van der Waals surface area contributed by atoms with Gasteiger partial charge in [-0.25, -0.2) is 0 Å². The van der Waals surface area contributed by atoms with Crippen LogP contribution >= 0.6 is 0 Å². The van der Waals surface area contributed by atoms with Gasteiger partial charge >= 0.3 is 0 Å². The van der Waals surface area contributed by atoms with E-state index in [1.54, 1.807) is 0 Å². The van der Waals surface area contributed by atoms with Gasteiger partial charge in [-0.3, -0.25) is 9.63 Å². The van der Waals surface area contributed by atoms with E-state index in [1.807, 2.05) is 20.8 Å². The molecule has 0 aliphatic rings. The van der Waals surface area contributed by atoms with Gasteiger partial charge in [-0.1, -0.05) is 13.8 Å². The van der Waals surface area contributed by atoms with Crippen LogP contribution in [-0.4, -0.2) is 24.6 Å². The predicted octanol–water partition coefficient (Wildman–Crippen LogP) is 1.08. The van der Waals surface area contributed by atoms with Gasteiger partial charge in [-0.2, -0.15) is 5.48 Å². The maximum atomic E-state index is 11.2. The summed E-state index contributed by atoms with van der Waals surface area (Å²) < 4.78 is 0. The summed E-state index contributed by atoms with van der Waals surface area (Å²) >= 11 is 0. The van der Waals surface area contributed by atoms with Gasteiger partial charge in [0, 0.05) is 6.54 Å². The lowest BCUT2D eigenvalue weighted by molar-refractivity contribution is -0.127. The van der Waals surface area contributed by atoms with Crippen LogP contribution in [0.1, 0.15) is 34.6 Å². The molecule has 4 heteroatoms. The SMILES string of the molecule is CC(C)CNC(=O)CNOC(C)(C)C. The molecule has 4 nitrogen and oxygen atoms in total. The molecule has 0 heterocycles. The third-order valence-electron chi connectivity index (χ3n) is 1.32. The largest absolute Gasteiger partial charge is 0.355 e. The van der Waals surface area contributed by atoms with Gasteiger partial charge in [0.25, 0.3) is 0 Å². The highest BCUT2D eigenvalue weighted by Gasteiger charge is 2.10. The third-order valence-corrected chi connectivity index (χ3v) is 1.32. The molecule has 0 bridgehead atoms. The standard InChI is InChI=1S/C10H22N2O2/c1-8(2)6-11-9(13)7-12-14-10(3,4)5/h8,12H,6-7H2,1-5H3,(H,11,13). The van der Waals surface area contributed by atoms with E-state index in [2.05, 4.69) is 24.6 Å². The Labute approximate surface area is 86.4 Å². The first-order valence-corrected chi connectivity index (χ1v) is 4.99. The van der Waals surface area contributed by atoms with E-state index in [0.29, 0.717) is 12.5 Å². The van der Waals surface area contributed by atoms with E-state index in [-0.39, 0.29) is 18.1 Å². The zero-order chi connectivity index (χ0) is 11.2. The van der Waals surface area contributed by atoms with Crippen LogP contribution in [0.3, 0.4) is 0 Å². The Balaban J connectivity index is 3.46. The smallest absolute Gasteiger partial charge is 0.236 e. The van der Waals surface area contributed by atoms with Crippen LogP contribution < -0.4 is 10.8 Å². The van der Waals surface area contributed by atoms with Crippen molar-refractivity contribution in [3.8, 4) is 0 Å². The molecular formula is C10H22N2O2. The number of rotatable bonds is 5. The van der Waals surface area contributed by atoms with E-state index >= 15 is 0 Å². The van der Waals surface area contributed by atoms with Crippen molar-refractivity contribution in [1.82, 2.24) is 10.8 Å². The Bertz CT molecular complexity index is 173. The summed E-state index contributed by atoms with van der Waals surface area (Å²) in [5, 5.41) is 2.79. The number of nitrogens with one attached hydrogen (secondary N) is 2. The molecule has 0 saturated carbocycles. The summed E-state index contributed by atoms with van der Waals surface area (Å²) in [6.07, 6.45) is 0. The normalized spacial score (nSPS) is 11.9. The minimum absolute atomic E-state index is 0.0389. The van der Waals surface area contributed by atoms with Crippen LogP contribution in [0.15, 0.2) is 0 Å². The van der Waals surface area contributed by atoms with Gasteiger partial charge < -0.3 is 5.32 Å². The molecule has 0 atom stereocenters. The quantitative estimate of drug-likeness (QED) is 0.656. The topological polar surface area (TPSA) is 50.4 Å². The zero-order valence-corrected chi connectivity index (χ0v) is 9.81. The molecule has 0 aromatic heterocycles. The summed E-state index contributed by atoms with van der Waals surface area (Å²) in [7, 11) is 0. The Hall–Kier alpha value is -0.610. The van der Waals surface area contributed by atoms with E-state index in [9.17, 15) is 4.79 Å². The Morgan fingerprint density at radius 2 is 1.93 bits per heavy atom. The van der Waals surface area contributed by atoms with E-state index < -0.39 is 0 Å². The summed E-state index contributed by atoms with van der Waals surface area (Å²) in [4.78, 5) is 16.4. The highest BCUT2D eigenvalue weighted by molar-refractivity contribution is 5.77. The molecule has 84 valence electrons. The summed E-state index contributed by atoms with van der Waals surface area (Å²) in [5.41, 5.74) is 2.37. The van der Waals surface area contributed by atoms with Crippen LogP contribution in [-0.2, 0) is 9.63 Å². The van der Waals surface area contributed by atoms with Gasteiger partial charge in [0.1, 0.15) is 0 Å². The van der Waals surface area contributed by atoms with Crippen LogP contribution in [0.25, 0.3) is 0 Å². The monoisotopic (exact) mass is 202 g/mol. The molecule has 14 heavy (non-hydrogen) atoms. The lowest BCUT2D eigenvalue weighted by Crippen LogP contribution is -2.39. The first-order chi connectivity index (χ1) is 6.31. The molecule has 0 aliphatic carbocycles. The molecule has 0 unspecified atom stereocenters. The number of amides is 1.